The quantitative estimate of drug-likeness (QED) is 0.392. The number of esters is 1. The minimum absolute atomic E-state index is 0.0617. The predicted molar refractivity (Wildman–Crippen MR) is 96.6 cm³/mol. The van der Waals surface area contributed by atoms with E-state index in [0.29, 0.717) is 17.0 Å². The fourth-order valence-corrected chi connectivity index (χ4v) is 2.65. The normalized spacial score (nSPS) is 11.9. The molecule has 0 saturated carbocycles. The number of ether oxygens (including phenoxy) is 1. The lowest BCUT2D eigenvalue weighted by molar-refractivity contribution is -0.123. The summed E-state index contributed by atoms with van der Waals surface area (Å²) in [6.45, 7) is 1.25. The van der Waals surface area contributed by atoms with Crippen molar-refractivity contribution in [2.45, 2.75) is 13.0 Å². The number of nitrogens with one attached hydrogen (secondary N) is 1. The van der Waals surface area contributed by atoms with E-state index in [1.165, 1.54) is 13.0 Å². The topological polar surface area (TPSA) is 68.3 Å². The second kappa shape index (κ2) is 7.85. The lowest BCUT2D eigenvalue weighted by atomic mass is 10.1. The molecule has 0 aliphatic rings. The van der Waals surface area contributed by atoms with E-state index < -0.39 is 41.1 Å². The summed E-state index contributed by atoms with van der Waals surface area (Å²) in [6, 6.07) is 9.51. The van der Waals surface area contributed by atoms with Crippen LogP contribution in [0.15, 0.2) is 42.5 Å². The fraction of sp³-hybridized carbons (Fsp3) is 0.105. The SMILES string of the molecule is C[C@H](OC(=O)c1cc(Cl)nc2ccccc12)C(=O)Nc1ccc(F)c(F)c1F. The van der Waals surface area contributed by atoms with E-state index in [9.17, 15) is 22.8 Å². The molecule has 1 atom stereocenters. The van der Waals surface area contributed by atoms with E-state index in [0.717, 1.165) is 6.07 Å². The van der Waals surface area contributed by atoms with Gasteiger partial charge in [-0.1, -0.05) is 29.8 Å². The molecule has 9 heteroatoms. The van der Waals surface area contributed by atoms with Crippen LogP contribution in [0.5, 0.6) is 0 Å². The number of para-hydroxylation sites is 1. The maximum absolute atomic E-state index is 13.7. The highest BCUT2D eigenvalue weighted by Crippen LogP contribution is 2.23. The minimum atomic E-state index is -1.72. The lowest BCUT2D eigenvalue weighted by Gasteiger charge is -2.15. The van der Waals surface area contributed by atoms with Crippen molar-refractivity contribution in [1.82, 2.24) is 4.98 Å². The molecule has 1 heterocycles. The van der Waals surface area contributed by atoms with Gasteiger partial charge in [0.2, 0.25) is 0 Å². The molecular weight excluding hydrogens is 397 g/mol. The summed E-state index contributed by atoms with van der Waals surface area (Å²) in [5.41, 5.74) is -0.0265. The molecule has 0 saturated heterocycles. The molecular formula is C19H12ClF3N2O3. The third-order valence-corrected chi connectivity index (χ3v) is 4.04. The molecule has 144 valence electrons. The molecule has 0 spiro atoms. The third-order valence-electron chi connectivity index (χ3n) is 3.85. The number of aromatic nitrogens is 1. The minimum Gasteiger partial charge on any atom is -0.449 e. The summed E-state index contributed by atoms with van der Waals surface area (Å²) < 4.78 is 45.0. The Kier molecular flexibility index (Phi) is 5.51. The van der Waals surface area contributed by atoms with Gasteiger partial charge in [-0.25, -0.2) is 22.9 Å². The molecule has 1 N–H and O–H groups in total. The van der Waals surface area contributed by atoms with Gasteiger partial charge < -0.3 is 10.1 Å². The molecule has 0 bridgehead atoms. The van der Waals surface area contributed by atoms with Gasteiger partial charge >= 0.3 is 5.97 Å². The Morgan fingerprint density at radius 2 is 1.82 bits per heavy atom. The van der Waals surface area contributed by atoms with E-state index in [-0.39, 0.29) is 10.7 Å². The summed E-state index contributed by atoms with van der Waals surface area (Å²) in [5.74, 6) is -6.45. The van der Waals surface area contributed by atoms with Crippen molar-refractivity contribution in [2.75, 3.05) is 5.32 Å². The number of hydrogen-bond donors (Lipinski definition) is 1. The monoisotopic (exact) mass is 408 g/mol. The number of pyridine rings is 1. The summed E-state index contributed by atoms with van der Waals surface area (Å²) in [4.78, 5) is 28.7. The van der Waals surface area contributed by atoms with Crippen LogP contribution in [-0.2, 0) is 9.53 Å². The van der Waals surface area contributed by atoms with Crippen LogP contribution in [0.25, 0.3) is 10.9 Å². The number of benzene rings is 2. The van der Waals surface area contributed by atoms with Crippen LogP contribution in [0.1, 0.15) is 17.3 Å². The Hall–Kier alpha value is -3.13. The summed E-state index contributed by atoms with van der Waals surface area (Å²) in [5, 5.41) is 2.58. The van der Waals surface area contributed by atoms with Crippen molar-refractivity contribution >= 4 is 40.1 Å². The van der Waals surface area contributed by atoms with Gasteiger partial charge in [0.1, 0.15) is 5.15 Å². The Bertz CT molecular complexity index is 1090. The number of halogens is 4. The Morgan fingerprint density at radius 3 is 2.57 bits per heavy atom. The molecule has 0 unspecified atom stereocenters. The zero-order valence-electron chi connectivity index (χ0n) is 14.3. The van der Waals surface area contributed by atoms with E-state index in [2.05, 4.69) is 4.98 Å². The standard InChI is InChI=1S/C19H12ClF3N2O3/c1-9(18(26)25-14-7-6-12(21)16(22)17(14)23)28-19(27)11-8-15(20)24-13-5-3-2-4-10(11)13/h2-9H,1H3,(H,25,26)/t9-/m0/s1. The lowest BCUT2D eigenvalue weighted by Crippen LogP contribution is -2.30. The van der Waals surface area contributed by atoms with Crippen molar-refractivity contribution < 1.29 is 27.5 Å². The van der Waals surface area contributed by atoms with Gasteiger partial charge in [-0.05, 0) is 31.2 Å². The molecule has 0 radical (unpaired) electrons. The van der Waals surface area contributed by atoms with Crippen LogP contribution >= 0.6 is 11.6 Å². The first-order valence-electron chi connectivity index (χ1n) is 7.98. The van der Waals surface area contributed by atoms with Crippen LogP contribution in [-0.4, -0.2) is 23.0 Å². The van der Waals surface area contributed by atoms with E-state index in [4.69, 9.17) is 16.3 Å². The van der Waals surface area contributed by atoms with E-state index in [1.54, 1.807) is 24.3 Å². The number of nitrogens with zero attached hydrogens (tertiary/aromatic N) is 1. The average Bonchev–Trinajstić information content (AvgIpc) is 2.67. The van der Waals surface area contributed by atoms with E-state index >= 15 is 0 Å². The highest BCUT2D eigenvalue weighted by molar-refractivity contribution is 6.30. The maximum Gasteiger partial charge on any atom is 0.339 e. The van der Waals surface area contributed by atoms with Crippen LogP contribution in [0.3, 0.4) is 0 Å². The van der Waals surface area contributed by atoms with Gasteiger partial charge in [0.25, 0.3) is 5.91 Å². The molecule has 3 rings (SSSR count). The van der Waals surface area contributed by atoms with Crippen molar-refractivity contribution in [1.29, 1.82) is 0 Å². The van der Waals surface area contributed by atoms with Crippen LogP contribution in [0.4, 0.5) is 18.9 Å². The van der Waals surface area contributed by atoms with Gasteiger partial charge in [-0.2, -0.15) is 0 Å². The molecule has 0 aliphatic heterocycles. The Labute approximate surface area is 162 Å². The number of rotatable bonds is 4. The zero-order chi connectivity index (χ0) is 20.4. The molecule has 2 aromatic carbocycles. The molecule has 5 nitrogen and oxygen atoms in total. The smallest absolute Gasteiger partial charge is 0.339 e. The van der Waals surface area contributed by atoms with Gasteiger partial charge in [0.05, 0.1) is 16.8 Å². The van der Waals surface area contributed by atoms with Gasteiger partial charge in [0.15, 0.2) is 23.6 Å². The first kappa shape index (κ1) is 19.6. The third kappa shape index (κ3) is 3.91. The zero-order valence-corrected chi connectivity index (χ0v) is 15.1. The first-order chi connectivity index (χ1) is 13.3. The number of amides is 1. The average molecular weight is 409 g/mol. The highest BCUT2D eigenvalue weighted by atomic mass is 35.5. The fourth-order valence-electron chi connectivity index (χ4n) is 2.45. The number of fused-ring (bicyclic) bond motifs is 1. The Morgan fingerprint density at radius 1 is 1.11 bits per heavy atom. The highest BCUT2D eigenvalue weighted by Gasteiger charge is 2.23. The molecule has 1 amide bonds. The predicted octanol–water partition coefficient (Wildman–Crippen LogP) is 4.49. The molecule has 0 fully saturated rings. The number of carbonyl (C=O) groups excluding carboxylic acids is 2. The second-order valence-corrected chi connectivity index (χ2v) is 6.16. The van der Waals surface area contributed by atoms with Crippen molar-refractivity contribution in [3.8, 4) is 0 Å². The van der Waals surface area contributed by atoms with Crippen LogP contribution < -0.4 is 5.32 Å². The maximum atomic E-state index is 13.7. The van der Waals surface area contributed by atoms with Crippen molar-refractivity contribution in [2.24, 2.45) is 0 Å². The van der Waals surface area contributed by atoms with Gasteiger partial charge in [-0.15, -0.1) is 0 Å². The Balaban J connectivity index is 1.78. The second-order valence-electron chi connectivity index (χ2n) is 5.77. The molecule has 3 aromatic rings. The largest absolute Gasteiger partial charge is 0.449 e. The number of hydrogen-bond acceptors (Lipinski definition) is 4. The van der Waals surface area contributed by atoms with Crippen LogP contribution in [0, 0.1) is 17.5 Å². The molecule has 0 aliphatic carbocycles. The summed E-state index contributed by atoms with van der Waals surface area (Å²) >= 11 is 5.91. The number of anilines is 1. The van der Waals surface area contributed by atoms with Gasteiger partial charge in [-0.3, -0.25) is 4.79 Å². The summed E-state index contributed by atoms with van der Waals surface area (Å²) in [7, 11) is 0. The number of carbonyl (C=O) groups is 2. The van der Waals surface area contributed by atoms with Crippen molar-refractivity contribution in [3.63, 3.8) is 0 Å². The molecule has 1 aromatic heterocycles. The van der Waals surface area contributed by atoms with Crippen molar-refractivity contribution in [3.05, 3.63) is 70.6 Å². The van der Waals surface area contributed by atoms with Gasteiger partial charge in [0, 0.05) is 5.39 Å². The van der Waals surface area contributed by atoms with E-state index in [1.807, 2.05) is 5.32 Å². The molecule has 28 heavy (non-hydrogen) atoms. The summed E-state index contributed by atoms with van der Waals surface area (Å²) in [6.07, 6.45) is -1.36. The first-order valence-corrected chi connectivity index (χ1v) is 8.36. The van der Waals surface area contributed by atoms with Crippen LogP contribution in [0.2, 0.25) is 5.15 Å².